The fourth-order valence-corrected chi connectivity index (χ4v) is 4.52. The second kappa shape index (κ2) is 9.60. The predicted octanol–water partition coefficient (Wildman–Crippen LogP) is 4.65. The van der Waals surface area contributed by atoms with Gasteiger partial charge in [0.1, 0.15) is 6.61 Å². The van der Waals surface area contributed by atoms with E-state index < -0.39 is 0 Å². The molecule has 1 aromatic carbocycles. The highest BCUT2D eigenvalue weighted by atomic mass is 32.1. The van der Waals surface area contributed by atoms with Crippen molar-refractivity contribution in [3.8, 4) is 0 Å². The van der Waals surface area contributed by atoms with Gasteiger partial charge in [0.2, 0.25) is 0 Å². The molecular weight excluding hydrogens is 354 g/mol. The van der Waals surface area contributed by atoms with Gasteiger partial charge >= 0.3 is 0 Å². The monoisotopic (exact) mass is 381 g/mol. The number of hydrogen-bond acceptors (Lipinski definition) is 4. The molecule has 0 aliphatic heterocycles. The fraction of sp³-hybridized carbons (Fsp3) is 0.409. The molecule has 27 heavy (non-hydrogen) atoms. The van der Waals surface area contributed by atoms with Crippen molar-refractivity contribution in [3.63, 3.8) is 0 Å². The van der Waals surface area contributed by atoms with E-state index in [0.717, 1.165) is 29.8 Å². The highest BCUT2D eigenvalue weighted by Crippen LogP contribution is 2.45. The van der Waals surface area contributed by atoms with E-state index in [1.165, 1.54) is 18.4 Å². The van der Waals surface area contributed by atoms with Gasteiger partial charge in [-0.2, -0.15) is 0 Å². The van der Waals surface area contributed by atoms with Gasteiger partial charge in [0, 0.05) is 25.7 Å². The van der Waals surface area contributed by atoms with Gasteiger partial charge in [-0.05, 0) is 42.4 Å². The lowest BCUT2D eigenvalue weighted by Gasteiger charge is -2.44. The van der Waals surface area contributed by atoms with E-state index in [1.807, 2.05) is 62.1 Å². The Morgan fingerprint density at radius 2 is 2.15 bits per heavy atom. The molecule has 0 spiro atoms. The number of benzene rings is 1. The summed E-state index contributed by atoms with van der Waals surface area (Å²) < 4.78 is 0. The summed E-state index contributed by atoms with van der Waals surface area (Å²) in [6, 6.07) is 14.2. The number of thiocarbonyl (C=S) groups is 1. The summed E-state index contributed by atoms with van der Waals surface area (Å²) in [5, 5.41) is 7.46. The third-order valence-electron chi connectivity index (χ3n) is 5.49. The molecule has 2 atom stereocenters. The van der Waals surface area contributed by atoms with Gasteiger partial charge in [-0.1, -0.05) is 66.6 Å². The molecule has 1 heterocycles. The Morgan fingerprint density at radius 1 is 1.30 bits per heavy atom. The molecule has 1 aliphatic carbocycles. The Kier molecular flexibility index (Phi) is 6.93. The summed E-state index contributed by atoms with van der Waals surface area (Å²) in [4.78, 5) is 10.7. The second-order valence-corrected chi connectivity index (χ2v) is 7.43. The van der Waals surface area contributed by atoms with Crippen molar-refractivity contribution in [1.82, 2.24) is 10.3 Å². The van der Waals surface area contributed by atoms with Gasteiger partial charge in [-0.25, -0.2) is 0 Å². The highest BCUT2D eigenvalue weighted by Gasteiger charge is 2.45. The van der Waals surface area contributed by atoms with Crippen LogP contribution >= 0.6 is 12.2 Å². The van der Waals surface area contributed by atoms with Crippen molar-refractivity contribution in [2.75, 3.05) is 7.05 Å². The van der Waals surface area contributed by atoms with Crippen LogP contribution in [0.1, 0.15) is 43.2 Å². The lowest BCUT2D eigenvalue weighted by Crippen LogP contribution is -2.49. The quantitative estimate of drug-likeness (QED) is 0.431. The first kappa shape index (κ1) is 19.5. The fourth-order valence-electron chi connectivity index (χ4n) is 4.13. The molecule has 0 amide bonds. The molecule has 142 valence electrons. The van der Waals surface area contributed by atoms with Crippen LogP contribution in [0, 0.1) is 5.92 Å². The molecule has 0 unspecified atom stereocenters. The van der Waals surface area contributed by atoms with E-state index in [-0.39, 0.29) is 5.41 Å². The highest BCUT2D eigenvalue weighted by molar-refractivity contribution is 7.80. The van der Waals surface area contributed by atoms with Gasteiger partial charge in [0.05, 0.1) is 10.4 Å². The van der Waals surface area contributed by atoms with Crippen LogP contribution in [0.15, 0.2) is 60.0 Å². The average Bonchev–Trinajstić information content (AvgIpc) is 2.74. The molecule has 5 heteroatoms. The first-order chi connectivity index (χ1) is 13.3. The zero-order chi connectivity index (χ0) is 19.0. The van der Waals surface area contributed by atoms with Crippen molar-refractivity contribution < 1.29 is 4.84 Å². The zero-order valence-electron chi connectivity index (χ0n) is 15.8. The first-order valence-corrected chi connectivity index (χ1v) is 9.98. The topological polar surface area (TPSA) is 46.5 Å². The minimum Gasteiger partial charge on any atom is -0.391 e. The minimum atomic E-state index is -0.179. The van der Waals surface area contributed by atoms with E-state index in [4.69, 9.17) is 17.1 Å². The van der Waals surface area contributed by atoms with Crippen molar-refractivity contribution in [1.29, 1.82) is 0 Å². The van der Waals surface area contributed by atoms with Crippen molar-refractivity contribution >= 4 is 23.4 Å². The lowest BCUT2D eigenvalue weighted by atomic mass is 9.61. The summed E-state index contributed by atoms with van der Waals surface area (Å²) in [6.07, 6.45) is 11.1. The van der Waals surface area contributed by atoms with Crippen molar-refractivity contribution in [3.05, 3.63) is 66.0 Å². The van der Waals surface area contributed by atoms with E-state index >= 15 is 0 Å². The van der Waals surface area contributed by atoms with Gasteiger partial charge in [-0.15, -0.1) is 0 Å². The van der Waals surface area contributed by atoms with E-state index in [9.17, 15) is 0 Å². The molecule has 0 saturated heterocycles. The smallest absolute Gasteiger partial charge is 0.142 e. The maximum atomic E-state index is 5.80. The van der Waals surface area contributed by atoms with Crippen LogP contribution < -0.4 is 5.32 Å². The van der Waals surface area contributed by atoms with Crippen LogP contribution in [0.2, 0.25) is 0 Å². The molecule has 1 aliphatic rings. The Labute approximate surface area is 167 Å². The molecule has 1 N–H and O–H groups in total. The number of rotatable bonds is 7. The summed E-state index contributed by atoms with van der Waals surface area (Å²) in [5.41, 5.74) is 2.14. The first-order valence-electron chi connectivity index (χ1n) is 9.58. The van der Waals surface area contributed by atoms with Gasteiger partial charge < -0.3 is 10.2 Å². The van der Waals surface area contributed by atoms with Crippen molar-refractivity contribution in [2.24, 2.45) is 11.1 Å². The van der Waals surface area contributed by atoms with Crippen molar-refractivity contribution in [2.45, 2.75) is 44.1 Å². The Morgan fingerprint density at radius 3 is 2.89 bits per heavy atom. The van der Waals surface area contributed by atoms with E-state index in [2.05, 4.69) is 21.5 Å². The lowest BCUT2D eigenvalue weighted by molar-refractivity contribution is 0.130. The Bertz CT molecular complexity index is 751. The molecule has 3 rings (SSSR count). The molecule has 0 bridgehead atoms. The number of nitrogens with zero attached hydrogens (tertiary/aromatic N) is 2. The van der Waals surface area contributed by atoms with Crippen LogP contribution in [-0.2, 0) is 16.9 Å². The van der Waals surface area contributed by atoms with Crippen LogP contribution in [0.4, 0.5) is 0 Å². The molecule has 1 fully saturated rings. The molecule has 2 aromatic rings. The zero-order valence-corrected chi connectivity index (χ0v) is 16.6. The van der Waals surface area contributed by atoms with Gasteiger partial charge in [0.15, 0.2) is 0 Å². The largest absolute Gasteiger partial charge is 0.391 e. The molecule has 4 nitrogen and oxygen atoms in total. The second-order valence-electron chi connectivity index (χ2n) is 7.02. The molecule has 0 radical (unpaired) electrons. The standard InChI is InChI=1S/C22H27N3OS/c1-23-21(27)22(20-11-7-14-24-16-20)13-6-5-10-19(22)12-15-25-26-17-18-8-3-2-4-9-18/h2-4,7-9,11,14-16,19H,5-6,10,12-13,17H2,1H3,(H,23,27)/b25-15+/t19-,22+/m1/s1. The SMILES string of the molecule is CNC(=S)[C@@]1(c2cccnc2)CCCC[C@@H]1C/C=N/OCc1ccccc1. The third-order valence-corrected chi connectivity index (χ3v) is 6.06. The normalized spacial score (nSPS) is 22.5. The van der Waals surface area contributed by atoms with Crippen LogP contribution in [0.5, 0.6) is 0 Å². The molecular formula is C22H27N3OS. The average molecular weight is 382 g/mol. The van der Waals surface area contributed by atoms with Crippen LogP contribution in [0.3, 0.4) is 0 Å². The van der Waals surface area contributed by atoms with Gasteiger partial charge in [-0.3, -0.25) is 4.98 Å². The van der Waals surface area contributed by atoms with Crippen LogP contribution in [-0.4, -0.2) is 23.2 Å². The third kappa shape index (κ3) is 4.53. The number of nitrogens with one attached hydrogen (secondary N) is 1. The number of likely N-dealkylation sites (N-methyl/N-ethyl adjacent to an activating group) is 1. The Balaban J connectivity index is 1.71. The predicted molar refractivity (Wildman–Crippen MR) is 114 cm³/mol. The number of aromatic nitrogens is 1. The van der Waals surface area contributed by atoms with E-state index in [0.29, 0.717) is 12.5 Å². The summed E-state index contributed by atoms with van der Waals surface area (Å²) >= 11 is 5.80. The van der Waals surface area contributed by atoms with E-state index in [1.54, 1.807) is 0 Å². The molecule has 1 saturated carbocycles. The summed E-state index contributed by atoms with van der Waals surface area (Å²) in [6.45, 7) is 0.491. The maximum Gasteiger partial charge on any atom is 0.142 e. The number of oxime groups is 1. The molecule has 1 aromatic heterocycles. The summed E-state index contributed by atoms with van der Waals surface area (Å²) in [7, 11) is 1.92. The van der Waals surface area contributed by atoms with Gasteiger partial charge in [0.25, 0.3) is 0 Å². The summed E-state index contributed by atoms with van der Waals surface area (Å²) in [5.74, 6) is 0.388. The maximum absolute atomic E-state index is 5.80. The Hall–Kier alpha value is -2.27. The minimum absolute atomic E-state index is 0.179. The number of pyridine rings is 1. The van der Waals surface area contributed by atoms with Crippen LogP contribution in [0.25, 0.3) is 0 Å². The number of hydrogen-bond donors (Lipinski definition) is 1.